The van der Waals surface area contributed by atoms with Crippen LogP contribution in [0.3, 0.4) is 0 Å². The maximum atomic E-state index is 9.56. The first-order chi connectivity index (χ1) is 9.54. The number of hydrogen-bond donors (Lipinski definition) is 1. The summed E-state index contributed by atoms with van der Waals surface area (Å²) in [7, 11) is 0. The molecule has 1 saturated carbocycles. The zero-order chi connectivity index (χ0) is 17.8. The van der Waals surface area contributed by atoms with Crippen LogP contribution in [0, 0.1) is 44.3 Å². The first-order valence-corrected chi connectivity index (χ1v) is 8.15. The lowest BCUT2D eigenvalue weighted by molar-refractivity contribution is 0.0156. The van der Waals surface area contributed by atoms with Crippen LogP contribution in [0.1, 0.15) is 75.7 Å². The van der Waals surface area contributed by atoms with E-state index in [9.17, 15) is 10.5 Å². The molecule has 1 fully saturated rings. The van der Waals surface area contributed by atoms with Crippen LogP contribution in [0.5, 0.6) is 0 Å². The van der Waals surface area contributed by atoms with Gasteiger partial charge in [0.15, 0.2) is 0 Å². The van der Waals surface area contributed by atoms with Gasteiger partial charge in [-0.05, 0) is 54.9 Å². The van der Waals surface area contributed by atoms with Crippen LogP contribution in [0.25, 0.3) is 0 Å². The van der Waals surface area contributed by atoms with Crippen molar-refractivity contribution in [1.82, 2.24) is 5.32 Å². The zero-order valence-electron chi connectivity index (χ0n) is 16.1. The summed E-state index contributed by atoms with van der Waals surface area (Å²) in [5.74, 6) is 0. The van der Waals surface area contributed by atoms with Crippen LogP contribution >= 0.6 is 0 Å². The van der Waals surface area contributed by atoms with Gasteiger partial charge in [-0.3, -0.25) is 0 Å². The van der Waals surface area contributed by atoms with E-state index in [1.54, 1.807) is 0 Å². The van der Waals surface area contributed by atoms with Crippen molar-refractivity contribution >= 4 is 0 Å². The molecule has 0 saturated heterocycles. The third-order valence-electron chi connectivity index (χ3n) is 7.46. The molecule has 0 aromatic rings. The van der Waals surface area contributed by atoms with Gasteiger partial charge in [-0.25, -0.2) is 0 Å². The first kappa shape index (κ1) is 19.0. The molecule has 0 aromatic heterocycles. The van der Waals surface area contributed by atoms with E-state index in [0.717, 1.165) is 6.42 Å². The fourth-order valence-electron chi connectivity index (χ4n) is 3.73. The van der Waals surface area contributed by atoms with Gasteiger partial charge in [0.05, 0.1) is 23.0 Å². The lowest BCUT2D eigenvalue weighted by atomic mass is 9.58. The Hall–Kier alpha value is -1.06. The van der Waals surface area contributed by atoms with E-state index in [0.29, 0.717) is 0 Å². The minimum Gasteiger partial charge on any atom is -0.306 e. The molecule has 0 bridgehead atoms. The largest absolute Gasteiger partial charge is 0.306 e. The molecule has 22 heavy (non-hydrogen) atoms. The fraction of sp³-hybridized carbons (Fsp3) is 0.895. The zero-order valence-corrected chi connectivity index (χ0v) is 16.1. The van der Waals surface area contributed by atoms with E-state index >= 15 is 0 Å². The second-order valence-corrected chi connectivity index (χ2v) is 9.69. The summed E-state index contributed by atoms with van der Waals surface area (Å²) in [4.78, 5) is 0. The number of rotatable bonds is 5. The summed E-state index contributed by atoms with van der Waals surface area (Å²) >= 11 is 0. The van der Waals surface area contributed by atoms with Crippen LogP contribution in [-0.4, -0.2) is 11.1 Å². The highest BCUT2D eigenvalue weighted by atomic mass is 15.1. The Balaban J connectivity index is 3.14. The van der Waals surface area contributed by atoms with Crippen LogP contribution in [-0.2, 0) is 0 Å². The summed E-state index contributed by atoms with van der Waals surface area (Å²) in [5, 5.41) is 22.8. The van der Waals surface area contributed by atoms with Gasteiger partial charge in [-0.2, -0.15) is 10.5 Å². The van der Waals surface area contributed by atoms with Crippen LogP contribution in [0.2, 0.25) is 0 Å². The second-order valence-electron chi connectivity index (χ2n) is 9.69. The summed E-state index contributed by atoms with van der Waals surface area (Å²) < 4.78 is 0. The predicted octanol–water partition coefficient (Wildman–Crippen LogP) is 4.65. The molecule has 0 radical (unpaired) electrons. The molecule has 1 rings (SSSR count). The van der Waals surface area contributed by atoms with Gasteiger partial charge in [0, 0.05) is 21.9 Å². The first-order valence-electron chi connectivity index (χ1n) is 8.15. The van der Waals surface area contributed by atoms with Crippen LogP contribution in [0.4, 0.5) is 0 Å². The van der Waals surface area contributed by atoms with Crippen LogP contribution < -0.4 is 5.32 Å². The highest BCUT2D eigenvalue weighted by molar-refractivity contribution is 5.28. The lowest BCUT2D eigenvalue weighted by Gasteiger charge is -2.54. The Kier molecular flexibility index (Phi) is 4.07. The molecule has 0 aromatic carbocycles. The molecule has 1 aliphatic rings. The van der Waals surface area contributed by atoms with Crippen molar-refractivity contribution in [3.8, 4) is 12.1 Å². The Morgan fingerprint density at radius 3 is 1.68 bits per heavy atom. The molecule has 3 heteroatoms. The maximum Gasteiger partial charge on any atom is 0.0693 e. The lowest BCUT2D eigenvalue weighted by Crippen LogP contribution is -2.65. The standard InChI is InChI=1S/C19H33N3/c1-14(2,12-20)15(3,4)16(5,6)22-17(7,8)19(10)11-18(19,9)13-21/h22H,11H2,1-10H3. The van der Waals surface area contributed by atoms with E-state index in [1.807, 2.05) is 20.8 Å². The Bertz CT molecular complexity index is 542. The highest BCUT2D eigenvalue weighted by Crippen LogP contribution is 2.68. The van der Waals surface area contributed by atoms with Crippen LogP contribution in [0.15, 0.2) is 0 Å². The van der Waals surface area contributed by atoms with E-state index in [4.69, 9.17) is 0 Å². The number of nitriles is 2. The van der Waals surface area contributed by atoms with Crippen molar-refractivity contribution in [2.45, 2.75) is 86.7 Å². The quantitative estimate of drug-likeness (QED) is 0.804. The Morgan fingerprint density at radius 2 is 1.36 bits per heavy atom. The minimum absolute atomic E-state index is 0.0567. The van der Waals surface area contributed by atoms with Gasteiger partial charge in [0.2, 0.25) is 0 Å². The van der Waals surface area contributed by atoms with Gasteiger partial charge >= 0.3 is 0 Å². The van der Waals surface area contributed by atoms with Gasteiger partial charge in [-0.1, -0.05) is 20.8 Å². The number of hydrogen-bond acceptors (Lipinski definition) is 3. The Labute approximate surface area is 137 Å². The molecule has 124 valence electrons. The van der Waals surface area contributed by atoms with E-state index in [-0.39, 0.29) is 27.3 Å². The molecular weight excluding hydrogens is 270 g/mol. The summed E-state index contributed by atoms with van der Waals surface area (Å²) in [5.41, 5.74) is -1.46. The Morgan fingerprint density at radius 1 is 0.909 bits per heavy atom. The average Bonchev–Trinajstić information content (AvgIpc) is 2.93. The average molecular weight is 303 g/mol. The smallest absolute Gasteiger partial charge is 0.0693 e. The van der Waals surface area contributed by atoms with E-state index in [1.165, 1.54) is 0 Å². The molecule has 3 nitrogen and oxygen atoms in total. The van der Waals surface area contributed by atoms with Crippen molar-refractivity contribution in [3.05, 3.63) is 0 Å². The minimum atomic E-state index is -0.456. The van der Waals surface area contributed by atoms with E-state index in [2.05, 4.69) is 65.9 Å². The van der Waals surface area contributed by atoms with Crippen molar-refractivity contribution in [3.63, 3.8) is 0 Å². The summed E-state index contributed by atoms with van der Waals surface area (Å²) in [6.07, 6.45) is 0.911. The molecule has 0 heterocycles. The maximum absolute atomic E-state index is 9.56. The van der Waals surface area contributed by atoms with E-state index < -0.39 is 5.41 Å². The van der Waals surface area contributed by atoms with Gasteiger partial charge < -0.3 is 5.32 Å². The predicted molar refractivity (Wildman–Crippen MR) is 90.9 cm³/mol. The van der Waals surface area contributed by atoms with Crippen molar-refractivity contribution < 1.29 is 0 Å². The summed E-state index contributed by atoms with van der Waals surface area (Å²) in [6.45, 7) is 21.3. The fourth-order valence-corrected chi connectivity index (χ4v) is 3.73. The second kappa shape index (κ2) is 4.72. The molecular formula is C19H33N3. The van der Waals surface area contributed by atoms with Gasteiger partial charge in [0.25, 0.3) is 0 Å². The molecule has 0 aliphatic heterocycles. The molecule has 0 spiro atoms. The highest BCUT2D eigenvalue weighted by Gasteiger charge is 2.69. The SMILES string of the molecule is CC(C)(C#N)C(C)(C)C(C)(C)NC(C)(C)C1(C)CC1(C)C#N. The van der Waals surface area contributed by atoms with Crippen molar-refractivity contribution in [1.29, 1.82) is 10.5 Å². The third kappa shape index (κ3) is 2.35. The van der Waals surface area contributed by atoms with Crippen molar-refractivity contribution in [2.24, 2.45) is 21.7 Å². The molecule has 1 N–H and O–H groups in total. The monoisotopic (exact) mass is 303 g/mol. The molecule has 2 unspecified atom stereocenters. The number of nitrogens with one attached hydrogen (secondary N) is 1. The number of nitrogens with zero attached hydrogens (tertiary/aromatic N) is 2. The van der Waals surface area contributed by atoms with Gasteiger partial charge in [-0.15, -0.1) is 0 Å². The topological polar surface area (TPSA) is 59.6 Å². The summed E-state index contributed by atoms with van der Waals surface area (Å²) in [6, 6.07) is 4.95. The molecule has 1 aliphatic carbocycles. The molecule has 2 atom stereocenters. The third-order valence-corrected chi connectivity index (χ3v) is 7.46. The molecule has 0 amide bonds. The normalized spacial score (nSPS) is 29.6. The van der Waals surface area contributed by atoms with Crippen molar-refractivity contribution in [2.75, 3.05) is 0 Å². The van der Waals surface area contributed by atoms with Gasteiger partial charge in [0.1, 0.15) is 0 Å².